The van der Waals surface area contributed by atoms with Crippen LogP contribution in [0.1, 0.15) is 50.5 Å². The van der Waals surface area contributed by atoms with Crippen molar-refractivity contribution in [2.45, 2.75) is 23.9 Å². The summed E-state index contributed by atoms with van der Waals surface area (Å²) in [6.07, 6.45) is -0.771. The molecule has 1 heterocycles. The molecule has 1 fully saturated rings. The van der Waals surface area contributed by atoms with Crippen LogP contribution in [0.25, 0.3) is 0 Å². The number of cyclic esters (lactones) is 1. The maximum absolute atomic E-state index is 14.2. The van der Waals surface area contributed by atoms with Crippen LogP contribution in [0.3, 0.4) is 0 Å². The molecule has 0 radical (unpaired) electrons. The smallest absolute Gasteiger partial charge is 0.339 e. The Morgan fingerprint density at radius 2 is 1.72 bits per heavy atom. The molecule has 0 amide bonds. The van der Waals surface area contributed by atoms with Crippen LogP contribution in [0, 0.1) is 19.0 Å². The van der Waals surface area contributed by atoms with Crippen LogP contribution in [-0.2, 0) is 29.3 Å². The third kappa shape index (κ3) is 3.46. The summed E-state index contributed by atoms with van der Waals surface area (Å²) in [7, 11) is 0. The highest BCUT2D eigenvalue weighted by Crippen LogP contribution is 2.73. The largest absolute Gasteiger partial charge is 0.478 e. The molecule has 3 aromatic rings. The van der Waals surface area contributed by atoms with Gasteiger partial charge in [0.25, 0.3) is 0 Å². The van der Waals surface area contributed by atoms with Gasteiger partial charge in [-0.3, -0.25) is 14.4 Å². The van der Waals surface area contributed by atoms with Crippen molar-refractivity contribution in [1.29, 1.82) is 0 Å². The number of esters is 3. The number of rotatable bonds is 5. The predicted molar refractivity (Wildman–Crippen MR) is 152 cm³/mol. The summed E-state index contributed by atoms with van der Waals surface area (Å²) in [6.45, 7) is -0.0273. The lowest BCUT2D eigenvalue weighted by atomic mass is 9.55. The molecular formula is C29H18I2O8. The van der Waals surface area contributed by atoms with Crippen LogP contribution in [0.5, 0.6) is 5.75 Å². The van der Waals surface area contributed by atoms with E-state index in [0.717, 1.165) is 27.8 Å². The van der Waals surface area contributed by atoms with Gasteiger partial charge in [0.15, 0.2) is 5.75 Å². The molecule has 1 aliphatic heterocycles. The van der Waals surface area contributed by atoms with E-state index in [2.05, 4.69) is 0 Å². The van der Waals surface area contributed by atoms with Gasteiger partial charge in [0.1, 0.15) is 18.3 Å². The van der Waals surface area contributed by atoms with Crippen molar-refractivity contribution in [3.63, 3.8) is 0 Å². The molecule has 196 valence electrons. The number of ether oxygens (including phenoxy) is 3. The molecule has 1 saturated heterocycles. The zero-order valence-corrected chi connectivity index (χ0v) is 24.3. The molecule has 8 rings (SSSR count). The number of carbonyl (C=O) groups is 4. The lowest BCUT2D eigenvalue weighted by Gasteiger charge is -2.46. The van der Waals surface area contributed by atoms with Crippen LogP contribution in [-0.4, -0.2) is 41.7 Å². The summed E-state index contributed by atoms with van der Waals surface area (Å²) in [5.41, 5.74) is 3.90. The first kappa shape index (κ1) is 25.0. The van der Waals surface area contributed by atoms with E-state index in [1.54, 1.807) is 6.07 Å². The average molecular weight is 748 g/mol. The van der Waals surface area contributed by atoms with Gasteiger partial charge in [0, 0.05) is 9.49 Å². The zero-order chi connectivity index (χ0) is 27.2. The van der Waals surface area contributed by atoms with Gasteiger partial charge in [-0.2, -0.15) is 0 Å². The maximum Gasteiger partial charge on any atom is 0.339 e. The van der Waals surface area contributed by atoms with Gasteiger partial charge < -0.3 is 19.3 Å². The highest BCUT2D eigenvalue weighted by Gasteiger charge is 2.73. The lowest BCUT2D eigenvalue weighted by Crippen LogP contribution is -2.52. The number of carboxylic acid groups (broad SMARTS) is 1. The van der Waals surface area contributed by atoms with E-state index in [9.17, 15) is 24.3 Å². The average Bonchev–Trinajstić information content (AvgIpc) is 3.40. The van der Waals surface area contributed by atoms with E-state index in [4.69, 9.17) is 14.2 Å². The summed E-state index contributed by atoms with van der Waals surface area (Å²) >= 11 is 3.96. The Morgan fingerprint density at radius 3 is 2.46 bits per heavy atom. The van der Waals surface area contributed by atoms with Crippen molar-refractivity contribution >= 4 is 69.1 Å². The van der Waals surface area contributed by atoms with Gasteiger partial charge in [0.05, 0.1) is 27.2 Å². The van der Waals surface area contributed by atoms with E-state index in [0.29, 0.717) is 7.14 Å². The number of benzene rings is 3. The third-order valence-corrected chi connectivity index (χ3v) is 9.59. The fourth-order valence-corrected chi connectivity index (χ4v) is 8.76. The van der Waals surface area contributed by atoms with E-state index in [1.165, 1.54) is 6.07 Å². The van der Waals surface area contributed by atoms with Crippen LogP contribution in [0.4, 0.5) is 0 Å². The molecule has 8 nitrogen and oxygen atoms in total. The van der Waals surface area contributed by atoms with Crippen molar-refractivity contribution in [3.05, 3.63) is 95.1 Å². The molecule has 0 saturated carbocycles. The first-order chi connectivity index (χ1) is 18.7. The van der Waals surface area contributed by atoms with E-state index >= 15 is 0 Å². The number of aromatic carboxylic acids is 1. The molecule has 39 heavy (non-hydrogen) atoms. The normalized spacial score (nSPS) is 26.8. The number of hydrogen-bond donors (Lipinski definition) is 1. The number of fused-ring (bicyclic) bond motifs is 1. The molecule has 4 aliphatic carbocycles. The summed E-state index contributed by atoms with van der Waals surface area (Å²) in [5, 5.41) is 9.83. The molecule has 0 aromatic heterocycles. The van der Waals surface area contributed by atoms with Crippen molar-refractivity contribution in [2.75, 3.05) is 6.61 Å². The Bertz CT molecular complexity index is 1650. The minimum Gasteiger partial charge on any atom is -0.478 e. The molecule has 5 aliphatic rings. The Labute approximate surface area is 249 Å². The third-order valence-electron chi connectivity index (χ3n) is 8.17. The first-order valence-electron chi connectivity index (χ1n) is 12.3. The molecule has 2 bridgehead atoms. The fraction of sp³-hybridized carbons (Fsp3) is 0.241. The second kappa shape index (κ2) is 8.75. The highest BCUT2D eigenvalue weighted by molar-refractivity contribution is 14.1. The molecule has 1 spiro atoms. The molecule has 5 unspecified atom stereocenters. The molecule has 5 atom stereocenters. The minimum absolute atomic E-state index is 0.0273. The SMILES string of the molecule is O=C1CC(OC(=O)C2C(C(=O)Oc3c(I)cc(I)cc3C(=O)O)C3c4ccccc4C24c2cccc3c24)CO1. The number of halogens is 2. The van der Waals surface area contributed by atoms with Crippen molar-refractivity contribution in [2.24, 2.45) is 11.8 Å². The predicted octanol–water partition coefficient (Wildman–Crippen LogP) is 4.40. The molecular weight excluding hydrogens is 730 g/mol. The lowest BCUT2D eigenvalue weighted by molar-refractivity contribution is -0.164. The van der Waals surface area contributed by atoms with Crippen molar-refractivity contribution in [1.82, 2.24) is 0 Å². The van der Waals surface area contributed by atoms with Gasteiger partial charge in [-0.05, 0) is 85.1 Å². The second-order valence-corrected chi connectivity index (χ2v) is 12.5. The quantitative estimate of drug-likeness (QED) is 0.232. The number of hydrogen-bond acceptors (Lipinski definition) is 7. The summed E-state index contributed by atoms with van der Waals surface area (Å²) < 4.78 is 17.8. The second-order valence-electron chi connectivity index (χ2n) is 10.1. The summed E-state index contributed by atoms with van der Waals surface area (Å²) in [4.78, 5) is 51.9. The summed E-state index contributed by atoms with van der Waals surface area (Å²) in [6, 6.07) is 16.8. The zero-order valence-electron chi connectivity index (χ0n) is 20.0. The fourth-order valence-electron chi connectivity index (χ4n) is 6.81. The Balaban J connectivity index is 1.36. The Hall–Kier alpha value is -3.00. The van der Waals surface area contributed by atoms with E-state index in [1.807, 2.05) is 87.6 Å². The van der Waals surface area contributed by atoms with Crippen molar-refractivity contribution < 1.29 is 38.5 Å². The number of carboxylic acids is 1. The maximum atomic E-state index is 14.2. The molecule has 1 N–H and O–H groups in total. The first-order valence-corrected chi connectivity index (χ1v) is 14.4. The van der Waals surface area contributed by atoms with Crippen LogP contribution < -0.4 is 4.74 Å². The monoisotopic (exact) mass is 748 g/mol. The topological polar surface area (TPSA) is 116 Å². The highest BCUT2D eigenvalue weighted by atomic mass is 127. The molecule has 3 aromatic carbocycles. The molecule has 10 heteroatoms. The standard InChI is InChI=1S/C29H18I2O8/c30-12-8-16(26(33)34)25(19(31)9-12)39-27(35)22-21-14-4-1-2-6-17(14)29(18-7-3-5-15(21)23(18)29)24(22)28(36)38-13-10-20(32)37-11-13/h1-9,13,21-22,24H,10-11H2,(H,33,34). The van der Waals surface area contributed by atoms with Crippen LogP contribution >= 0.6 is 45.2 Å². The van der Waals surface area contributed by atoms with Gasteiger partial charge in [-0.15, -0.1) is 0 Å². The van der Waals surface area contributed by atoms with Crippen LogP contribution in [0.15, 0.2) is 54.6 Å². The Kier molecular flexibility index (Phi) is 5.61. The minimum atomic E-state index is -1.22. The van der Waals surface area contributed by atoms with E-state index in [-0.39, 0.29) is 24.3 Å². The number of carbonyl (C=O) groups excluding carboxylic acids is 3. The van der Waals surface area contributed by atoms with Crippen molar-refractivity contribution in [3.8, 4) is 5.75 Å². The Morgan fingerprint density at radius 1 is 0.974 bits per heavy atom. The summed E-state index contributed by atoms with van der Waals surface area (Å²) in [5.74, 6) is -5.42. The van der Waals surface area contributed by atoms with Gasteiger partial charge in [0.2, 0.25) is 0 Å². The van der Waals surface area contributed by atoms with Gasteiger partial charge in [-0.1, -0.05) is 42.5 Å². The van der Waals surface area contributed by atoms with Gasteiger partial charge in [-0.25, -0.2) is 4.79 Å². The van der Waals surface area contributed by atoms with E-state index < -0.39 is 53.1 Å². The van der Waals surface area contributed by atoms with Gasteiger partial charge >= 0.3 is 23.9 Å². The van der Waals surface area contributed by atoms with Crippen LogP contribution in [0.2, 0.25) is 0 Å².